The zero-order valence-corrected chi connectivity index (χ0v) is 16.6. The Morgan fingerprint density at radius 2 is 1.93 bits per heavy atom. The lowest BCUT2D eigenvalue weighted by Gasteiger charge is -2.09. The highest BCUT2D eigenvalue weighted by Crippen LogP contribution is 2.22. The van der Waals surface area contributed by atoms with Crippen molar-refractivity contribution in [1.82, 2.24) is 19.2 Å². The largest absolute Gasteiger partial charge is 0.325 e. The lowest BCUT2D eigenvalue weighted by molar-refractivity contribution is -0.113. The Balaban J connectivity index is 1.66. The fourth-order valence-electron chi connectivity index (χ4n) is 3.08. The highest BCUT2D eigenvalue weighted by molar-refractivity contribution is 7.99. The number of anilines is 1. The summed E-state index contributed by atoms with van der Waals surface area (Å²) in [7, 11) is 0. The van der Waals surface area contributed by atoms with E-state index in [-0.39, 0.29) is 17.2 Å². The van der Waals surface area contributed by atoms with Gasteiger partial charge in [0, 0.05) is 12.2 Å². The third kappa shape index (κ3) is 3.66. The van der Waals surface area contributed by atoms with Gasteiger partial charge < -0.3 is 5.32 Å². The lowest BCUT2D eigenvalue weighted by atomic mass is 10.2. The summed E-state index contributed by atoms with van der Waals surface area (Å²) in [5, 5.41) is 12.4. The Morgan fingerprint density at radius 1 is 1.17 bits per heavy atom. The van der Waals surface area contributed by atoms with Gasteiger partial charge in [0.1, 0.15) is 0 Å². The van der Waals surface area contributed by atoms with Gasteiger partial charge in [-0.3, -0.25) is 18.6 Å². The molecular weight excluding hydrogens is 386 g/mol. The topological polar surface area (TPSA) is 81.3 Å². The Kier molecular flexibility index (Phi) is 5.18. The molecule has 0 radical (unpaired) electrons. The zero-order chi connectivity index (χ0) is 20.4. The molecule has 2 aromatic carbocycles. The van der Waals surface area contributed by atoms with Crippen molar-refractivity contribution in [2.45, 2.75) is 18.6 Å². The van der Waals surface area contributed by atoms with E-state index >= 15 is 0 Å². The maximum atomic E-state index is 12.8. The molecule has 7 nitrogen and oxygen atoms in total. The molecule has 2 heterocycles. The molecule has 2 aromatic heterocycles. The number of nitrogens with one attached hydrogen (secondary N) is 1. The van der Waals surface area contributed by atoms with Gasteiger partial charge in [0.15, 0.2) is 5.16 Å². The molecule has 4 rings (SSSR count). The van der Waals surface area contributed by atoms with Crippen LogP contribution in [0.15, 0.2) is 71.1 Å². The van der Waals surface area contributed by atoms with E-state index in [0.717, 1.165) is 11.3 Å². The van der Waals surface area contributed by atoms with Gasteiger partial charge in [-0.2, -0.15) is 0 Å². The number of allylic oxidation sites excluding steroid dienone is 1. The number of nitrogens with zero attached hydrogens (tertiary/aromatic N) is 4. The number of aromatic nitrogens is 4. The number of aryl methyl sites for hydroxylation is 1. The first kappa shape index (κ1) is 18.9. The van der Waals surface area contributed by atoms with Crippen molar-refractivity contribution in [2.75, 3.05) is 11.1 Å². The van der Waals surface area contributed by atoms with Gasteiger partial charge in [0.25, 0.3) is 5.56 Å². The third-order valence-electron chi connectivity index (χ3n) is 4.46. The number of thioether (sulfide) groups is 1. The van der Waals surface area contributed by atoms with Crippen LogP contribution in [0.3, 0.4) is 0 Å². The van der Waals surface area contributed by atoms with Crippen LogP contribution in [0.5, 0.6) is 0 Å². The molecule has 8 heteroatoms. The summed E-state index contributed by atoms with van der Waals surface area (Å²) in [6, 6.07) is 14.9. The second-order valence-corrected chi connectivity index (χ2v) is 7.48. The van der Waals surface area contributed by atoms with Crippen LogP contribution in [-0.4, -0.2) is 30.8 Å². The van der Waals surface area contributed by atoms with E-state index in [4.69, 9.17) is 0 Å². The van der Waals surface area contributed by atoms with Crippen LogP contribution in [0, 0.1) is 6.92 Å². The maximum Gasteiger partial charge on any atom is 0.263 e. The van der Waals surface area contributed by atoms with Gasteiger partial charge in [0.2, 0.25) is 11.7 Å². The normalized spacial score (nSPS) is 11.1. The van der Waals surface area contributed by atoms with Crippen molar-refractivity contribution in [2.24, 2.45) is 0 Å². The average molecular weight is 405 g/mol. The molecule has 0 saturated heterocycles. The van der Waals surface area contributed by atoms with Crippen LogP contribution < -0.4 is 10.9 Å². The van der Waals surface area contributed by atoms with E-state index in [9.17, 15) is 9.59 Å². The predicted octanol–water partition coefficient (Wildman–Crippen LogP) is 3.27. The van der Waals surface area contributed by atoms with Gasteiger partial charge in [-0.15, -0.1) is 16.8 Å². The summed E-state index contributed by atoms with van der Waals surface area (Å²) in [6.07, 6.45) is 1.65. The van der Waals surface area contributed by atoms with Gasteiger partial charge in [-0.05, 0) is 31.2 Å². The van der Waals surface area contributed by atoms with Crippen LogP contribution >= 0.6 is 11.8 Å². The summed E-state index contributed by atoms with van der Waals surface area (Å²) < 4.78 is 3.34. The standard InChI is InChI=1S/C21H19N5O2S/c1-3-12-25-19(28)16-6-4-5-7-17(16)26-20(25)23-24-21(26)29-13-18(27)22-15-10-8-14(2)9-11-15/h3-11H,1,12-13H2,2H3,(H,22,27). The molecular formula is C21H19N5O2S. The molecule has 0 bridgehead atoms. The first-order valence-electron chi connectivity index (χ1n) is 9.05. The first-order valence-corrected chi connectivity index (χ1v) is 10.0. The first-order chi connectivity index (χ1) is 14.1. The van der Waals surface area contributed by atoms with Gasteiger partial charge in [-0.25, -0.2) is 0 Å². The second-order valence-electron chi connectivity index (χ2n) is 6.54. The Labute approximate surface area is 171 Å². The van der Waals surface area contributed by atoms with Crippen LogP contribution in [0.25, 0.3) is 16.7 Å². The third-order valence-corrected chi connectivity index (χ3v) is 5.39. The summed E-state index contributed by atoms with van der Waals surface area (Å²) in [5.74, 6) is 0.457. The number of carbonyl (C=O) groups is 1. The molecule has 1 amide bonds. The number of amides is 1. The van der Waals surface area contributed by atoms with Crippen molar-refractivity contribution < 1.29 is 4.79 Å². The Bertz CT molecular complexity index is 1270. The number of hydrogen-bond donors (Lipinski definition) is 1. The zero-order valence-electron chi connectivity index (χ0n) is 15.8. The molecule has 0 unspecified atom stereocenters. The smallest absolute Gasteiger partial charge is 0.263 e. The SMILES string of the molecule is C=CCn1c(=O)c2ccccc2n2c(SCC(=O)Nc3ccc(C)cc3)nnc12. The molecule has 0 aliphatic carbocycles. The summed E-state index contributed by atoms with van der Waals surface area (Å²) >= 11 is 1.27. The van der Waals surface area contributed by atoms with Gasteiger partial charge in [-0.1, -0.05) is 47.7 Å². The fourth-order valence-corrected chi connectivity index (χ4v) is 3.82. The van der Waals surface area contributed by atoms with Crippen molar-refractivity contribution in [3.63, 3.8) is 0 Å². The average Bonchev–Trinajstić information content (AvgIpc) is 3.15. The molecule has 0 fully saturated rings. The molecule has 146 valence electrons. The van der Waals surface area contributed by atoms with E-state index in [1.165, 1.54) is 16.3 Å². The summed E-state index contributed by atoms with van der Waals surface area (Å²) in [5.41, 5.74) is 2.44. The second kappa shape index (κ2) is 7.92. The van der Waals surface area contributed by atoms with Gasteiger partial charge >= 0.3 is 0 Å². The number of fused-ring (bicyclic) bond motifs is 3. The predicted molar refractivity (Wildman–Crippen MR) is 115 cm³/mol. The molecule has 4 aromatic rings. The summed E-state index contributed by atoms with van der Waals surface area (Å²) in [4.78, 5) is 25.2. The summed E-state index contributed by atoms with van der Waals surface area (Å²) in [6.45, 7) is 6.04. The number of rotatable bonds is 6. The van der Waals surface area contributed by atoms with E-state index in [1.54, 1.807) is 12.1 Å². The number of para-hydroxylation sites is 1. The van der Waals surface area contributed by atoms with E-state index in [0.29, 0.717) is 28.4 Å². The maximum absolute atomic E-state index is 12.8. The molecule has 0 atom stereocenters. The van der Waals surface area contributed by atoms with E-state index in [1.807, 2.05) is 53.8 Å². The highest BCUT2D eigenvalue weighted by atomic mass is 32.2. The monoisotopic (exact) mass is 405 g/mol. The number of carbonyl (C=O) groups excluding carboxylic acids is 1. The van der Waals surface area contributed by atoms with Crippen molar-refractivity contribution >= 4 is 40.0 Å². The molecule has 0 aliphatic heterocycles. The molecule has 0 saturated carbocycles. The quantitative estimate of drug-likeness (QED) is 0.393. The number of hydrogen-bond acceptors (Lipinski definition) is 5. The fraction of sp³-hybridized carbons (Fsp3) is 0.143. The van der Waals surface area contributed by atoms with Crippen LogP contribution in [0.1, 0.15) is 5.56 Å². The Hall–Kier alpha value is -3.39. The number of benzene rings is 2. The van der Waals surface area contributed by atoms with Crippen molar-refractivity contribution in [3.8, 4) is 0 Å². The lowest BCUT2D eigenvalue weighted by Crippen LogP contribution is -2.22. The minimum absolute atomic E-state index is 0.140. The van der Waals surface area contributed by atoms with E-state index < -0.39 is 0 Å². The molecule has 0 aliphatic rings. The Morgan fingerprint density at radius 3 is 2.69 bits per heavy atom. The molecule has 1 N–H and O–H groups in total. The molecule has 0 spiro atoms. The van der Waals surface area contributed by atoms with E-state index in [2.05, 4.69) is 22.1 Å². The highest BCUT2D eigenvalue weighted by Gasteiger charge is 2.17. The minimum atomic E-state index is -0.144. The van der Waals surface area contributed by atoms with Crippen LogP contribution in [-0.2, 0) is 11.3 Å². The minimum Gasteiger partial charge on any atom is -0.325 e. The van der Waals surface area contributed by atoms with Crippen LogP contribution in [0.4, 0.5) is 5.69 Å². The van der Waals surface area contributed by atoms with Gasteiger partial charge in [0.05, 0.1) is 16.7 Å². The van der Waals surface area contributed by atoms with Crippen LogP contribution in [0.2, 0.25) is 0 Å². The van der Waals surface area contributed by atoms with Crippen molar-refractivity contribution in [3.05, 3.63) is 77.1 Å². The van der Waals surface area contributed by atoms with Crippen molar-refractivity contribution in [1.29, 1.82) is 0 Å². The molecule has 29 heavy (non-hydrogen) atoms.